The van der Waals surface area contributed by atoms with Gasteiger partial charge in [0.05, 0.1) is 10.5 Å². The van der Waals surface area contributed by atoms with E-state index in [-0.39, 0.29) is 16.8 Å². The van der Waals surface area contributed by atoms with E-state index in [1.54, 1.807) is 30.5 Å². The Hall–Kier alpha value is -3.45. The van der Waals surface area contributed by atoms with Crippen molar-refractivity contribution in [2.75, 3.05) is 5.32 Å². The van der Waals surface area contributed by atoms with Crippen molar-refractivity contribution in [1.29, 1.82) is 0 Å². The van der Waals surface area contributed by atoms with Crippen molar-refractivity contribution in [2.45, 2.75) is 0 Å². The van der Waals surface area contributed by atoms with Crippen LogP contribution in [0.1, 0.15) is 31.1 Å². The summed E-state index contributed by atoms with van der Waals surface area (Å²) in [5, 5.41) is 3.62. The van der Waals surface area contributed by atoms with Gasteiger partial charge in [-0.1, -0.05) is 17.7 Å². The maximum Gasteiger partial charge on any atom is 0.256 e. The summed E-state index contributed by atoms with van der Waals surface area (Å²) in [4.78, 5) is 39.7. The summed E-state index contributed by atoms with van der Waals surface area (Å²) >= 11 is 6.11. The normalized spacial score (nSPS) is 10.5. The minimum atomic E-state index is -0.746. The molecule has 3 rings (SSSR count). The van der Waals surface area contributed by atoms with Crippen LogP contribution < -0.4 is 16.8 Å². The maximum atomic E-state index is 12.7. The lowest BCUT2D eigenvalue weighted by Crippen LogP contribution is -2.18. The van der Waals surface area contributed by atoms with Gasteiger partial charge >= 0.3 is 0 Å². The Labute approximate surface area is 153 Å². The molecule has 0 aliphatic heterocycles. The Morgan fingerprint density at radius 3 is 2.23 bits per heavy atom. The third-order valence-corrected chi connectivity index (χ3v) is 4.03. The van der Waals surface area contributed by atoms with Crippen molar-refractivity contribution >= 4 is 45.9 Å². The highest BCUT2D eigenvalue weighted by atomic mass is 35.5. The fourth-order valence-corrected chi connectivity index (χ4v) is 2.73. The molecular formula is C18H13ClN4O3. The van der Waals surface area contributed by atoms with Crippen LogP contribution in [0.25, 0.3) is 10.9 Å². The number of halogens is 1. The first-order valence-electron chi connectivity index (χ1n) is 7.46. The van der Waals surface area contributed by atoms with Gasteiger partial charge in [0.1, 0.15) is 0 Å². The molecule has 130 valence electrons. The zero-order valence-electron chi connectivity index (χ0n) is 13.3. The van der Waals surface area contributed by atoms with Crippen LogP contribution in [0.2, 0.25) is 5.02 Å². The number of nitrogens with two attached hydrogens (primary N) is 2. The van der Waals surface area contributed by atoms with E-state index >= 15 is 0 Å². The van der Waals surface area contributed by atoms with Crippen molar-refractivity contribution in [2.24, 2.45) is 11.5 Å². The molecule has 0 radical (unpaired) electrons. The molecule has 5 N–H and O–H groups in total. The number of rotatable bonds is 4. The van der Waals surface area contributed by atoms with Gasteiger partial charge < -0.3 is 16.8 Å². The summed E-state index contributed by atoms with van der Waals surface area (Å²) in [6.45, 7) is 0. The van der Waals surface area contributed by atoms with Crippen molar-refractivity contribution < 1.29 is 14.4 Å². The fraction of sp³-hybridized carbons (Fsp3) is 0. The van der Waals surface area contributed by atoms with Gasteiger partial charge in [-0.2, -0.15) is 0 Å². The second kappa shape index (κ2) is 6.81. The minimum Gasteiger partial charge on any atom is -0.366 e. The molecule has 1 aromatic heterocycles. The number of hydrogen-bond acceptors (Lipinski definition) is 4. The highest BCUT2D eigenvalue weighted by molar-refractivity contribution is 6.35. The number of nitrogens with zero attached hydrogens (tertiary/aromatic N) is 1. The summed E-state index contributed by atoms with van der Waals surface area (Å²) in [7, 11) is 0. The minimum absolute atomic E-state index is 0.0548. The molecule has 3 amide bonds. The number of pyridine rings is 1. The Balaban J connectivity index is 2.02. The molecule has 3 aromatic rings. The van der Waals surface area contributed by atoms with Crippen LogP contribution >= 0.6 is 11.6 Å². The smallest absolute Gasteiger partial charge is 0.256 e. The molecule has 0 atom stereocenters. The highest BCUT2D eigenvalue weighted by Gasteiger charge is 2.15. The topological polar surface area (TPSA) is 128 Å². The molecule has 0 spiro atoms. The predicted molar refractivity (Wildman–Crippen MR) is 98.2 cm³/mol. The number of carbonyl (C=O) groups excluding carboxylic acids is 3. The van der Waals surface area contributed by atoms with Crippen LogP contribution in [0.15, 0.2) is 48.7 Å². The second-order valence-electron chi connectivity index (χ2n) is 5.48. The van der Waals surface area contributed by atoms with E-state index in [4.69, 9.17) is 23.1 Å². The highest BCUT2D eigenvalue weighted by Crippen LogP contribution is 2.25. The second-order valence-corrected chi connectivity index (χ2v) is 5.88. The largest absolute Gasteiger partial charge is 0.366 e. The lowest BCUT2D eigenvalue weighted by molar-refractivity contribution is 0.0994. The van der Waals surface area contributed by atoms with E-state index in [1.165, 1.54) is 18.2 Å². The number of fused-ring (bicyclic) bond motifs is 1. The first kappa shape index (κ1) is 17.4. The fourth-order valence-electron chi connectivity index (χ4n) is 2.52. The quantitative estimate of drug-likeness (QED) is 0.652. The van der Waals surface area contributed by atoms with Crippen LogP contribution in [0, 0.1) is 0 Å². The third kappa shape index (κ3) is 3.33. The van der Waals surface area contributed by atoms with Crippen molar-refractivity contribution in [3.63, 3.8) is 0 Å². The number of benzene rings is 2. The molecule has 0 unspecified atom stereocenters. The van der Waals surface area contributed by atoms with Gasteiger partial charge in [-0.25, -0.2) is 0 Å². The summed E-state index contributed by atoms with van der Waals surface area (Å²) < 4.78 is 0. The molecule has 0 aliphatic carbocycles. The van der Waals surface area contributed by atoms with Gasteiger partial charge in [0, 0.05) is 34.0 Å². The van der Waals surface area contributed by atoms with E-state index in [0.29, 0.717) is 21.5 Å². The molecule has 8 heteroatoms. The van der Waals surface area contributed by atoms with E-state index < -0.39 is 17.7 Å². The van der Waals surface area contributed by atoms with Crippen molar-refractivity contribution in [1.82, 2.24) is 4.98 Å². The van der Waals surface area contributed by atoms with E-state index in [2.05, 4.69) is 10.3 Å². The first-order valence-corrected chi connectivity index (χ1v) is 7.84. The predicted octanol–water partition coefficient (Wildman–Crippen LogP) is 2.34. The first-order chi connectivity index (χ1) is 12.4. The third-order valence-electron chi connectivity index (χ3n) is 3.72. The Morgan fingerprint density at radius 1 is 0.962 bits per heavy atom. The number of carbonyl (C=O) groups is 3. The monoisotopic (exact) mass is 368 g/mol. The molecule has 0 aliphatic rings. The Bertz CT molecular complexity index is 1030. The van der Waals surface area contributed by atoms with Gasteiger partial charge in [0.2, 0.25) is 11.8 Å². The van der Waals surface area contributed by atoms with Crippen LogP contribution in [0.5, 0.6) is 0 Å². The number of nitrogens with one attached hydrogen (secondary N) is 1. The van der Waals surface area contributed by atoms with E-state index in [0.717, 1.165) is 0 Å². The van der Waals surface area contributed by atoms with Crippen LogP contribution in [0.3, 0.4) is 0 Å². The van der Waals surface area contributed by atoms with Gasteiger partial charge in [0.25, 0.3) is 5.91 Å². The number of primary amides is 2. The Kier molecular flexibility index (Phi) is 4.55. The lowest BCUT2D eigenvalue weighted by Gasteiger charge is -2.10. The average molecular weight is 369 g/mol. The molecular weight excluding hydrogens is 356 g/mol. The van der Waals surface area contributed by atoms with Gasteiger partial charge in [-0.05, 0) is 36.4 Å². The summed E-state index contributed by atoms with van der Waals surface area (Å²) in [6.07, 6.45) is 1.57. The molecule has 0 saturated heterocycles. The number of amides is 3. The Morgan fingerprint density at radius 2 is 1.62 bits per heavy atom. The van der Waals surface area contributed by atoms with E-state index in [1.807, 2.05) is 0 Å². The number of hydrogen-bond donors (Lipinski definition) is 3. The summed E-state index contributed by atoms with van der Waals surface area (Å²) in [5.74, 6) is -1.95. The zero-order chi connectivity index (χ0) is 18.8. The molecule has 7 nitrogen and oxygen atoms in total. The number of aromatic nitrogens is 1. The van der Waals surface area contributed by atoms with Gasteiger partial charge in [-0.15, -0.1) is 0 Å². The van der Waals surface area contributed by atoms with Crippen LogP contribution in [0.4, 0.5) is 5.69 Å². The molecule has 0 bridgehead atoms. The summed E-state index contributed by atoms with van der Waals surface area (Å²) in [5.41, 5.74) is 11.7. The maximum absolute atomic E-state index is 12.7. The van der Waals surface area contributed by atoms with E-state index in [9.17, 15) is 14.4 Å². The SMILES string of the molecule is NC(=O)c1cc(NC(=O)c2ccc(Cl)c3ncccc23)cc(C(N)=O)c1. The molecule has 2 aromatic carbocycles. The van der Waals surface area contributed by atoms with Crippen LogP contribution in [-0.4, -0.2) is 22.7 Å². The number of anilines is 1. The van der Waals surface area contributed by atoms with Crippen LogP contribution in [-0.2, 0) is 0 Å². The average Bonchev–Trinajstić information content (AvgIpc) is 2.61. The molecule has 26 heavy (non-hydrogen) atoms. The molecule has 1 heterocycles. The summed E-state index contributed by atoms with van der Waals surface area (Å²) in [6, 6.07) is 10.5. The van der Waals surface area contributed by atoms with Crippen molar-refractivity contribution in [3.05, 3.63) is 70.4 Å². The molecule has 0 saturated carbocycles. The van der Waals surface area contributed by atoms with Gasteiger partial charge in [-0.3, -0.25) is 19.4 Å². The van der Waals surface area contributed by atoms with Gasteiger partial charge in [0.15, 0.2) is 0 Å². The standard InChI is InChI=1S/C18H13ClN4O3/c19-14-4-3-13(12-2-1-5-22-15(12)14)18(26)23-11-7-9(16(20)24)6-10(8-11)17(21)25/h1-8H,(H2,20,24)(H2,21,25)(H,23,26). The van der Waals surface area contributed by atoms with Crippen molar-refractivity contribution in [3.8, 4) is 0 Å². The molecule has 0 fully saturated rings. The lowest BCUT2D eigenvalue weighted by atomic mass is 10.1. The zero-order valence-corrected chi connectivity index (χ0v) is 14.1.